The molecule has 84 valence electrons. The highest BCUT2D eigenvalue weighted by Crippen LogP contribution is 2.15. The van der Waals surface area contributed by atoms with Crippen LogP contribution in [0.25, 0.3) is 0 Å². The summed E-state index contributed by atoms with van der Waals surface area (Å²) in [6.07, 6.45) is 0.679. The van der Waals surface area contributed by atoms with E-state index in [1.165, 1.54) is 6.07 Å². The Labute approximate surface area is 99.4 Å². The molecule has 0 spiro atoms. The van der Waals surface area contributed by atoms with Gasteiger partial charge in [0.15, 0.2) is 0 Å². The number of nitrogens with one attached hydrogen (secondary N) is 1. The van der Waals surface area contributed by atoms with Crippen LogP contribution in [-0.4, -0.2) is 24.7 Å². The molecule has 1 rings (SSSR count). The van der Waals surface area contributed by atoms with E-state index < -0.39 is 5.97 Å². The fraction of sp³-hybridized carbons (Fsp3) is 0.250. The fourth-order valence-electron chi connectivity index (χ4n) is 1.15. The van der Waals surface area contributed by atoms with E-state index in [1.807, 2.05) is 7.05 Å². The summed E-state index contributed by atoms with van der Waals surface area (Å²) in [5.41, 5.74) is 0.637. The van der Waals surface area contributed by atoms with Crippen molar-refractivity contribution in [3.8, 4) is 11.8 Å². The highest BCUT2D eigenvalue weighted by molar-refractivity contribution is 6.31. The Hall–Kier alpha value is -1.50. The quantitative estimate of drug-likeness (QED) is 0.625. The van der Waals surface area contributed by atoms with Gasteiger partial charge in [0.05, 0.1) is 5.56 Å². The number of carboxylic acid groups (broad SMARTS) is 1. The lowest BCUT2D eigenvalue weighted by molar-refractivity contribution is 0.0696. The van der Waals surface area contributed by atoms with E-state index in [0.717, 1.165) is 6.54 Å². The summed E-state index contributed by atoms with van der Waals surface area (Å²) in [6.45, 7) is 0.781. The molecule has 1 aromatic carbocycles. The summed E-state index contributed by atoms with van der Waals surface area (Å²) >= 11 is 5.72. The number of hydrogen-bond donors (Lipinski definition) is 2. The van der Waals surface area contributed by atoms with E-state index in [1.54, 1.807) is 12.1 Å². The molecule has 0 unspecified atom stereocenters. The Morgan fingerprint density at radius 3 is 2.94 bits per heavy atom. The molecule has 0 aromatic heterocycles. The number of carbonyl (C=O) groups is 1. The SMILES string of the molecule is CNCCC#Cc1ccc(Cl)cc1C(=O)O. The minimum atomic E-state index is -1.01. The molecule has 0 aliphatic carbocycles. The fourth-order valence-corrected chi connectivity index (χ4v) is 1.32. The second kappa shape index (κ2) is 6.16. The van der Waals surface area contributed by atoms with E-state index in [2.05, 4.69) is 17.2 Å². The Kier molecular flexibility index (Phi) is 4.84. The lowest BCUT2D eigenvalue weighted by Gasteiger charge is -1.99. The van der Waals surface area contributed by atoms with Gasteiger partial charge in [-0.25, -0.2) is 4.79 Å². The van der Waals surface area contributed by atoms with Crippen LogP contribution in [0.15, 0.2) is 18.2 Å². The second-order valence-electron chi connectivity index (χ2n) is 3.15. The predicted molar refractivity (Wildman–Crippen MR) is 63.8 cm³/mol. The first kappa shape index (κ1) is 12.6. The molecule has 0 saturated carbocycles. The number of benzene rings is 1. The molecular weight excluding hydrogens is 226 g/mol. The van der Waals surface area contributed by atoms with Crippen LogP contribution in [0.4, 0.5) is 0 Å². The van der Waals surface area contributed by atoms with Gasteiger partial charge in [0, 0.05) is 23.6 Å². The summed E-state index contributed by atoms with van der Waals surface area (Å²) in [7, 11) is 1.84. The van der Waals surface area contributed by atoms with Crippen LogP contribution in [-0.2, 0) is 0 Å². The van der Waals surface area contributed by atoms with Gasteiger partial charge in [-0.2, -0.15) is 0 Å². The molecule has 3 nitrogen and oxygen atoms in total. The van der Waals surface area contributed by atoms with E-state index in [4.69, 9.17) is 16.7 Å². The number of aromatic carboxylic acids is 1. The third-order valence-corrected chi connectivity index (χ3v) is 2.17. The average Bonchev–Trinajstić information content (AvgIpc) is 2.26. The molecule has 0 radical (unpaired) electrons. The maximum atomic E-state index is 10.9. The predicted octanol–water partition coefficient (Wildman–Crippen LogP) is 2.00. The van der Waals surface area contributed by atoms with Gasteiger partial charge in [0.25, 0.3) is 0 Å². The Balaban J connectivity index is 2.93. The first-order chi connectivity index (χ1) is 7.65. The summed E-state index contributed by atoms with van der Waals surface area (Å²) in [5.74, 6) is 4.71. The van der Waals surface area contributed by atoms with E-state index >= 15 is 0 Å². The zero-order valence-corrected chi connectivity index (χ0v) is 9.64. The Morgan fingerprint density at radius 1 is 1.56 bits per heavy atom. The maximum absolute atomic E-state index is 10.9. The summed E-state index contributed by atoms with van der Waals surface area (Å²) in [5, 5.41) is 12.3. The zero-order chi connectivity index (χ0) is 12.0. The number of carboxylic acids is 1. The van der Waals surface area contributed by atoms with Gasteiger partial charge < -0.3 is 10.4 Å². The molecule has 0 heterocycles. The Morgan fingerprint density at radius 2 is 2.31 bits per heavy atom. The van der Waals surface area contributed by atoms with E-state index in [-0.39, 0.29) is 5.56 Å². The van der Waals surface area contributed by atoms with Gasteiger partial charge in [-0.15, -0.1) is 0 Å². The molecule has 0 bridgehead atoms. The highest BCUT2D eigenvalue weighted by Gasteiger charge is 2.08. The van der Waals surface area contributed by atoms with Crippen molar-refractivity contribution in [3.63, 3.8) is 0 Å². The molecule has 0 aliphatic heterocycles. The Bertz CT molecular complexity index is 446. The van der Waals surface area contributed by atoms with Crippen molar-refractivity contribution < 1.29 is 9.90 Å². The van der Waals surface area contributed by atoms with Crippen molar-refractivity contribution in [2.75, 3.05) is 13.6 Å². The average molecular weight is 238 g/mol. The third-order valence-electron chi connectivity index (χ3n) is 1.94. The molecule has 0 atom stereocenters. The molecule has 1 aromatic rings. The van der Waals surface area contributed by atoms with Crippen LogP contribution in [0, 0.1) is 11.8 Å². The van der Waals surface area contributed by atoms with E-state index in [0.29, 0.717) is 17.0 Å². The largest absolute Gasteiger partial charge is 0.478 e. The first-order valence-electron chi connectivity index (χ1n) is 4.81. The van der Waals surface area contributed by atoms with Gasteiger partial charge in [-0.05, 0) is 25.2 Å². The van der Waals surface area contributed by atoms with Crippen molar-refractivity contribution in [1.82, 2.24) is 5.32 Å². The number of halogens is 1. The lowest BCUT2D eigenvalue weighted by Crippen LogP contribution is -2.06. The van der Waals surface area contributed by atoms with Crippen LogP contribution < -0.4 is 5.32 Å². The van der Waals surface area contributed by atoms with Crippen molar-refractivity contribution >= 4 is 17.6 Å². The molecule has 0 amide bonds. The van der Waals surface area contributed by atoms with Crippen LogP contribution in [0.2, 0.25) is 5.02 Å². The van der Waals surface area contributed by atoms with Gasteiger partial charge >= 0.3 is 5.97 Å². The summed E-state index contributed by atoms with van der Waals surface area (Å²) in [6, 6.07) is 4.67. The smallest absolute Gasteiger partial charge is 0.337 e. The minimum Gasteiger partial charge on any atom is -0.478 e. The van der Waals surface area contributed by atoms with Crippen LogP contribution >= 0.6 is 11.6 Å². The molecular formula is C12H12ClNO2. The van der Waals surface area contributed by atoms with Gasteiger partial charge in [0.1, 0.15) is 0 Å². The highest BCUT2D eigenvalue weighted by atomic mass is 35.5. The summed E-state index contributed by atoms with van der Waals surface area (Å²) < 4.78 is 0. The second-order valence-corrected chi connectivity index (χ2v) is 3.59. The summed E-state index contributed by atoms with van der Waals surface area (Å²) in [4.78, 5) is 10.9. The zero-order valence-electron chi connectivity index (χ0n) is 8.88. The molecule has 0 aliphatic rings. The van der Waals surface area contributed by atoms with Crippen LogP contribution in [0.1, 0.15) is 22.3 Å². The monoisotopic (exact) mass is 237 g/mol. The van der Waals surface area contributed by atoms with Crippen LogP contribution in [0.3, 0.4) is 0 Å². The van der Waals surface area contributed by atoms with Crippen molar-refractivity contribution in [1.29, 1.82) is 0 Å². The number of rotatable bonds is 3. The van der Waals surface area contributed by atoms with Gasteiger partial charge in [-0.1, -0.05) is 23.4 Å². The minimum absolute atomic E-state index is 0.143. The van der Waals surface area contributed by atoms with Crippen LogP contribution in [0.5, 0.6) is 0 Å². The molecule has 2 N–H and O–H groups in total. The molecule has 0 saturated heterocycles. The molecule has 0 fully saturated rings. The first-order valence-corrected chi connectivity index (χ1v) is 5.19. The topological polar surface area (TPSA) is 49.3 Å². The molecule has 16 heavy (non-hydrogen) atoms. The molecule has 4 heteroatoms. The normalized spacial score (nSPS) is 9.38. The maximum Gasteiger partial charge on any atom is 0.337 e. The van der Waals surface area contributed by atoms with Crippen molar-refractivity contribution in [3.05, 3.63) is 34.3 Å². The van der Waals surface area contributed by atoms with E-state index in [9.17, 15) is 4.79 Å². The number of hydrogen-bond acceptors (Lipinski definition) is 2. The van der Waals surface area contributed by atoms with Crippen molar-refractivity contribution in [2.45, 2.75) is 6.42 Å². The third kappa shape index (κ3) is 3.58. The van der Waals surface area contributed by atoms with Gasteiger partial charge in [0.2, 0.25) is 0 Å². The standard InChI is InChI=1S/C12H12ClNO2/c1-14-7-3-2-4-9-5-6-10(13)8-11(9)12(15)16/h5-6,8,14H,3,7H2,1H3,(H,15,16). The van der Waals surface area contributed by atoms with Gasteiger partial charge in [-0.3, -0.25) is 0 Å². The van der Waals surface area contributed by atoms with Crippen molar-refractivity contribution in [2.24, 2.45) is 0 Å². The lowest BCUT2D eigenvalue weighted by atomic mass is 10.1.